The Morgan fingerprint density at radius 1 is 0.376 bits per heavy atom. The third-order valence-corrected chi connectivity index (χ3v) is 17.0. The zero-order valence-corrected chi connectivity index (χ0v) is 61.2. The lowest BCUT2D eigenvalue weighted by Gasteiger charge is -2.58. The van der Waals surface area contributed by atoms with Crippen molar-refractivity contribution < 1.29 is 0 Å². The summed E-state index contributed by atoms with van der Waals surface area (Å²) in [6, 6.07) is 35.2. The molecule has 93 heavy (non-hydrogen) atoms. The highest BCUT2D eigenvalue weighted by molar-refractivity contribution is 5.79. The van der Waals surface area contributed by atoms with Gasteiger partial charge in [0.2, 0.25) is 0 Å². The molecule has 6 aromatic rings. The Bertz CT molecular complexity index is 3110. The third kappa shape index (κ3) is 33.0. The quantitative estimate of drug-likeness (QED) is 0.0694. The predicted molar refractivity (Wildman–Crippen MR) is 400 cm³/mol. The second kappa shape index (κ2) is 37.7. The molecule has 0 saturated heterocycles. The van der Waals surface area contributed by atoms with E-state index in [9.17, 15) is 0 Å². The van der Waals surface area contributed by atoms with Crippen LogP contribution in [-0.2, 0) is 0 Å². The summed E-state index contributed by atoms with van der Waals surface area (Å²) in [6.45, 7) is 43.6. The van der Waals surface area contributed by atoms with Crippen LogP contribution < -0.4 is 0 Å². The van der Waals surface area contributed by atoms with Gasteiger partial charge in [-0.1, -0.05) is 98.7 Å². The number of hydrogen-bond acceptors (Lipinski definition) is 12. The first-order valence-corrected chi connectivity index (χ1v) is 34.6. The van der Waals surface area contributed by atoms with E-state index in [4.69, 9.17) is 9.98 Å². The van der Waals surface area contributed by atoms with Gasteiger partial charge in [-0.2, -0.15) is 0 Å². The van der Waals surface area contributed by atoms with Crippen molar-refractivity contribution in [2.75, 3.05) is 0 Å². The summed E-state index contributed by atoms with van der Waals surface area (Å²) in [6.07, 6.45) is 38.7. The van der Waals surface area contributed by atoms with Crippen molar-refractivity contribution in [3.8, 4) is 0 Å². The van der Waals surface area contributed by atoms with Gasteiger partial charge in [0, 0.05) is 74.5 Å². The molecule has 0 aliphatic heterocycles. The van der Waals surface area contributed by atoms with Crippen molar-refractivity contribution >= 4 is 37.3 Å². The lowest BCUT2D eigenvalue weighted by Crippen LogP contribution is -2.48. The molecule has 0 N–H and O–H groups in total. The summed E-state index contributed by atoms with van der Waals surface area (Å²) < 4.78 is 0. The predicted octanol–water partition coefficient (Wildman–Crippen LogP) is 20.4. The van der Waals surface area contributed by atoms with Crippen molar-refractivity contribution in [3.05, 3.63) is 181 Å². The van der Waals surface area contributed by atoms with Crippen molar-refractivity contribution in [2.45, 2.75) is 255 Å². The molecule has 12 heteroatoms. The van der Waals surface area contributed by atoms with E-state index in [-0.39, 0.29) is 33.2 Å². The fraction of sp³-hybridized carbons (Fsp3) is 0.556. The molecule has 0 unspecified atom stereocenters. The zero-order valence-electron chi connectivity index (χ0n) is 61.2. The highest BCUT2D eigenvalue weighted by Gasteiger charge is 2.52. The van der Waals surface area contributed by atoms with Gasteiger partial charge < -0.3 is 0 Å². The van der Waals surface area contributed by atoms with Crippen LogP contribution in [0.2, 0.25) is 0 Å². The number of hydrogen-bond donors (Lipinski definition) is 0. The Morgan fingerprint density at radius 3 is 0.935 bits per heavy atom. The molecule has 4 fully saturated rings. The van der Waals surface area contributed by atoms with E-state index in [0.717, 1.165) is 90.4 Å². The summed E-state index contributed by atoms with van der Waals surface area (Å²) >= 11 is 0. The summed E-state index contributed by atoms with van der Waals surface area (Å²) in [7, 11) is 0. The lowest BCUT2D eigenvalue weighted by atomic mass is 9.48. The van der Waals surface area contributed by atoms with Crippen LogP contribution in [0.15, 0.2) is 176 Å². The molecular formula is C81H120N12. The van der Waals surface area contributed by atoms with Gasteiger partial charge >= 0.3 is 0 Å². The fourth-order valence-electron chi connectivity index (χ4n) is 13.1. The Balaban J connectivity index is 0.000000241. The standard InChI is InChI=1S/C20H28N2.C14H22N2.2C13H20N2.C11H16N2.C10H14N2/c1-19(2,22-13-18-5-3-4-6-21-18)14-20-10-15-7-16(11-20)9-17(8-15)12-20;1-13(2,3)11-14(4,5)16-10-12-8-6-7-9-15-12;1-11(2)9-13(3,4)15-10-12-7-5-6-8-14-12;1-4-13(5-2,6-3)15-11-12-9-7-8-10-14-12;1-4-11(2,3)13-9-10-7-5-6-8-12-10;1-10(2,3)12-8-9-6-4-5-7-11-9/h3-6,13,15-17H,7-12,14H2,1-2H3;6-10H,11H2,1-5H3;5-8,10-11H,9H2,1-4H3;7-11H,4-6H2,1-3H3;5-9H,4H2,1-3H3;4-8H,1-3H3. The summed E-state index contributed by atoms with van der Waals surface area (Å²) in [5.41, 5.74) is 6.61. The van der Waals surface area contributed by atoms with E-state index in [0.29, 0.717) is 16.7 Å². The van der Waals surface area contributed by atoms with Crippen LogP contribution >= 0.6 is 0 Å². The number of pyridine rings is 6. The molecule has 0 amide bonds. The average molecular weight is 1260 g/mol. The highest BCUT2D eigenvalue weighted by atomic mass is 14.9. The van der Waals surface area contributed by atoms with Crippen molar-refractivity contribution in [3.63, 3.8) is 0 Å². The van der Waals surface area contributed by atoms with E-state index >= 15 is 0 Å². The minimum atomic E-state index is -0.0320. The van der Waals surface area contributed by atoms with E-state index < -0.39 is 0 Å². The molecule has 0 atom stereocenters. The first-order chi connectivity index (χ1) is 43.8. The SMILES string of the molecule is CC(C)(C)CC(C)(C)N=Cc1ccccn1.CC(C)(C)N=Cc1ccccn1.CC(C)(CC12CC3CC(CC(C3)C1)C2)N=Cc1ccccn1.CC(C)CC(C)(C)N=Cc1ccccn1.CCC(C)(C)N=Cc1ccccn1.CCC(CC)(CC)N=Cc1ccccn1. The molecule has 0 radical (unpaired) electrons. The molecule has 0 aromatic carbocycles. The van der Waals surface area contributed by atoms with Crippen LogP contribution in [0.5, 0.6) is 0 Å². The number of rotatable bonds is 20. The van der Waals surface area contributed by atoms with Gasteiger partial charge in [0.05, 0.1) is 67.4 Å². The first kappa shape index (κ1) is 78.4. The van der Waals surface area contributed by atoms with Gasteiger partial charge in [-0.3, -0.25) is 59.9 Å². The average Bonchev–Trinajstić information content (AvgIpc) is 0.758. The van der Waals surface area contributed by atoms with Crippen LogP contribution in [0, 0.1) is 34.5 Å². The molecule has 0 spiro atoms. The Hall–Kier alpha value is -7.08. The van der Waals surface area contributed by atoms with E-state index in [1.807, 2.05) is 146 Å². The molecule has 6 aromatic heterocycles. The topological polar surface area (TPSA) is 152 Å². The monoisotopic (exact) mass is 1260 g/mol. The first-order valence-electron chi connectivity index (χ1n) is 34.6. The van der Waals surface area contributed by atoms with Crippen molar-refractivity contribution in [1.82, 2.24) is 29.9 Å². The van der Waals surface area contributed by atoms with E-state index in [1.165, 1.54) is 44.9 Å². The second-order valence-corrected chi connectivity index (χ2v) is 31.1. The van der Waals surface area contributed by atoms with Crippen LogP contribution in [0.25, 0.3) is 0 Å². The lowest BCUT2D eigenvalue weighted by molar-refractivity contribution is -0.0653. The molecule has 504 valence electrons. The normalized spacial score (nSPS) is 18.4. The van der Waals surface area contributed by atoms with Gasteiger partial charge in [-0.25, -0.2) is 0 Å². The molecular weight excluding hydrogens is 1140 g/mol. The molecule has 6 heterocycles. The largest absolute Gasteiger partial charge is 0.285 e. The maximum atomic E-state index is 4.91. The van der Waals surface area contributed by atoms with Gasteiger partial charge in [0.25, 0.3) is 0 Å². The molecule has 10 rings (SSSR count). The van der Waals surface area contributed by atoms with Gasteiger partial charge in [0.15, 0.2) is 0 Å². The maximum Gasteiger partial charge on any atom is 0.0808 e. The second-order valence-electron chi connectivity index (χ2n) is 31.1. The van der Waals surface area contributed by atoms with Gasteiger partial charge in [0.1, 0.15) is 0 Å². The summed E-state index contributed by atoms with van der Waals surface area (Å²) in [5.74, 6) is 3.76. The summed E-state index contributed by atoms with van der Waals surface area (Å²) in [5, 5.41) is 0. The van der Waals surface area contributed by atoms with Gasteiger partial charge in [-0.15, -0.1) is 0 Å². The third-order valence-electron chi connectivity index (χ3n) is 17.0. The van der Waals surface area contributed by atoms with Crippen LogP contribution in [0.3, 0.4) is 0 Å². The molecule has 4 saturated carbocycles. The highest BCUT2D eigenvalue weighted by Crippen LogP contribution is 2.62. The van der Waals surface area contributed by atoms with E-state index in [1.54, 1.807) is 37.2 Å². The molecule has 12 nitrogen and oxygen atoms in total. The van der Waals surface area contributed by atoms with Crippen LogP contribution in [0.4, 0.5) is 0 Å². The van der Waals surface area contributed by atoms with Crippen molar-refractivity contribution in [2.24, 2.45) is 64.5 Å². The minimum Gasteiger partial charge on any atom is -0.285 e. The Morgan fingerprint density at radius 2 is 0.667 bits per heavy atom. The van der Waals surface area contributed by atoms with Crippen molar-refractivity contribution in [1.29, 1.82) is 0 Å². The van der Waals surface area contributed by atoms with Crippen LogP contribution in [0.1, 0.15) is 256 Å². The minimum absolute atomic E-state index is 0.00564. The summed E-state index contributed by atoms with van der Waals surface area (Å²) in [4.78, 5) is 52.9. The molecule has 4 bridgehead atoms. The number of aromatic nitrogens is 6. The maximum absolute atomic E-state index is 4.91. The number of aliphatic imine (C=N–C) groups is 6. The smallest absolute Gasteiger partial charge is 0.0808 e. The number of nitrogens with zero attached hydrogens (tertiary/aromatic N) is 12. The van der Waals surface area contributed by atoms with Crippen LogP contribution in [-0.4, -0.2) is 100 Å². The Kier molecular flexibility index (Phi) is 31.8. The zero-order chi connectivity index (χ0) is 68.7. The molecule has 4 aliphatic carbocycles. The fourth-order valence-corrected chi connectivity index (χ4v) is 13.1. The van der Waals surface area contributed by atoms with Gasteiger partial charge in [-0.05, 0) is 267 Å². The van der Waals surface area contributed by atoms with E-state index in [2.05, 4.69) is 188 Å². The Labute approximate surface area is 564 Å². The molecule has 4 aliphatic rings.